The highest BCUT2D eigenvalue weighted by molar-refractivity contribution is 5.94. The predicted molar refractivity (Wildman–Crippen MR) is 97.5 cm³/mol. The maximum atomic E-state index is 12.7. The van der Waals surface area contributed by atoms with Crippen LogP contribution in [0.4, 0.5) is 0 Å². The molecule has 2 aromatic carbocycles. The Morgan fingerprint density at radius 1 is 1.16 bits per heavy atom. The van der Waals surface area contributed by atoms with Crippen LogP contribution in [0.1, 0.15) is 35.7 Å². The van der Waals surface area contributed by atoms with Crippen molar-refractivity contribution in [1.82, 2.24) is 4.90 Å². The van der Waals surface area contributed by atoms with Crippen molar-refractivity contribution in [2.75, 3.05) is 13.1 Å². The van der Waals surface area contributed by atoms with Gasteiger partial charge in [0.15, 0.2) is 0 Å². The van der Waals surface area contributed by atoms with Gasteiger partial charge in [-0.3, -0.25) is 4.79 Å². The van der Waals surface area contributed by atoms with Gasteiger partial charge in [-0.2, -0.15) is 0 Å². The van der Waals surface area contributed by atoms with E-state index in [0.29, 0.717) is 36.9 Å². The molecule has 1 saturated heterocycles. The fraction of sp³-hybridized carbons (Fsp3) is 0.381. The van der Waals surface area contributed by atoms with Crippen molar-refractivity contribution in [3.8, 4) is 5.75 Å². The molecule has 0 aromatic heterocycles. The Balaban J connectivity index is 1.60. The van der Waals surface area contributed by atoms with Crippen LogP contribution in [0.5, 0.6) is 5.75 Å². The van der Waals surface area contributed by atoms with Crippen LogP contribution in [0.15, 0.2) is 54.6 Å². The molecule has 25 heavy (non-hydrogen) atoms. The number of rotatable bonds is 5. The van der Waals surface area contributed by atoms with Gasteiger partial charge in [-0.25, -0.2) is 0 Å². The second-order valence-corrected chi connectivity index (χ2v) is 6.67. The molecule has 0 aliphatic carbocycles. The lowest BCUT2D eigenvalue weighted by molar-refractivity contribution is 0.0521. The number of likely N-dealkylation sites (tertiary alicyclic amines) is 1. The number of piperidine rings is 1. The van der Waals surface area contributed by atoms with E-state index in [1.807, 2.05) is 66.4 Å². The number of aliphatic hydroxyl groups excluding tert-OH is 1. The molecule has 4 nitrogen and oxygen atoms in total. The zero-order valence-corrected chi connectivity index (χ0v) is 14.6. The molecule has 4 heteroatoms. The van der Waals surface area contributed by atoms with Crippen molar-refractivity contribution in [3.05, 3.63) is 65.7 Å². The van der Waals surface area contributed by atoms with E-state index >= 15 is 0 Å². The number of hydrogen-bond acceptors (Lipinski definition) is 3. The van der Waals surface area contributed by atoms with Crippen LogP contribution in [0.25, 0.3) is 0 Å². The van der Waals surface area contributed by atoms with Crippen LogP contribution in [-0.4, -0.2) is 35.1 Å². The summed E-state index contributed by atoms with van der Waals surface area (Å²) in [6.07, 6.45) is 1.41. The molecule has 1 aliphatic rings. The van der Waals surface area contributed by atoms with Gasteiger partial charge in [-0.1, -0.05) is 36.4 Å². The van der Waals surface area contributed by atoms with E-state index in [0.717, 1.165) is 18.4 Å². The number of hydrogen-bond donors (Lipinski definition) is 1. The third kappa shape index (κ3) is 4.60. The van der Waals surface area contributed by atoms with Gasteiger partial charge in [-0.15, -0.1) is 0 Å². The van der Waals surface area contributed by atoms with E-state index in [4.69, 9.17) is 4.74 Å². The molecule has 0 bridgehead atoms. The van der Waals surface area contributed by atoms with Crippen LogP contribution >= 0.6 is 0 Å². The minimum Gasteiger partial charge on any atom is -0.489 e. The summed E-state index contributed by atoms with van der Waals surface area (Å²) in [7, 11) is 0. The molecule has 2 aromatic rings. The zero-order chi connectivity index (χ0) is 17.6. The maximum absolute atomic E-state index is 12.7. The average molecular weight is 339 g/mol. The van der Waals surface area contributed by atoms with E-state index < -0.39 is 0 Å². The summed E-state index contributed by atoms with van der Waals surface area (Å²) in [6.45, 7) is 3.71. The molecule has 0 spiro atoms. The summed E-state index contributed by atoms with van der Waals surface area (Å²) in [5, 5.41) is 9.69. The number of carbonyl (C=O) groups is 1. The first-order valence-corrected chi connectivity index (χ1v) is 8.87. The lowest BCUT2D eigenvalue weighted by Crippen LogP contribution is -2.40. The maximum Gasteiger partial charge on any atom is 0.253 e. The number of nitrogens with zero attached hydrogens (tertiary/aromatic N) is 1. The molecule has 1 amide bonds. The SMILES string of the molecule is CC(O)C1CCN(C(=O)c2cccc(OCc3ccccc3)c2)CC1. The molecule has 1 heterocycles. The third-order valence-electron chi connectivity index (χ3n) is 4.84. The van der Waals surface area contributed by atoms with Crippen molar-refractivity contribution in [1.29, 1.82) is 0 Å². The first-order valence-electron chi connectivity index (χ1n) is 8.87. The van der Waals surface area contributed by atoms with Crippen LogP contribution in [0, 0.1) is 5.92 Å². The molecule has 132 valence electrons. The van der Waals surface area contributed by atoms with Crippen LogP contribution in [0.3, 0.4) is 0 Å². The first-order chi connectivity index (χ1) is 12.1. The van der Waals surface area contributed by atoms with Crippen LogP contribution in [0.2, 0.25) is 0 Å². The Bertz CT molecular complexity index is 691. The normalized spacial score (nSPS) is 16.5. The van der Waals surface area contributed by atoms with E-state index in [-0.39, 0.29) is 12.0 Å². The highest BCUT2D eigenvalue weighted by atomic mass is 16.5. The highest BCUT2D eigenvalue weighted by Crippen LogP contribution is 2.23. The van der Waals surface area contributed by atoms with Crippen molar-refractivity contribution < 1.29 is 14.6 Å². The Hall–Kier alpha value is -2.33. The summed E-state index contributed by atoms with van der Waals surface area (Å²) in [5.74, 6) is 1.03. The topological polar surface area (TPSA) is 49.8 Å². The molecule has 1 aliphatic heterocycles. The fourth-order valence-electron chi connectivity index (χ4n) is 3.23. The molecule has 1 N–H and O–H groups in total. The first kappa shape index (κ1) is 17.5. The summed E-state index contributed by atoms with van der Waals surface area (Å²) in [5.41, 5.74) is 1.75. The van der Waals surface area contributed by atoms with E-state index in [9.17, 15) is 9.90 Å². The number of carbonyl (C=O) groups excluding carboxylic acids is 1. The van der Waals surface area contributed by atoms with Crippen LogP contribution < -0.4 is 4.74 Å². The minimum absolute atomic E-state index is 0.0363. The third-order valence-corrected chi connectivity index (χ3v) is 4.84. The van der Waals surface area contributed by atoms with E-state index in [1.54, 1.807) is 0 Å². The number of benzene rings is 2. The van der Waals surface area contributed by atoms with Crippen molar-refractivity contribution in [3.63, 3.8) is 0 Å². The molecule has 0 saturated carbocycles. The molecule has 1 fully saturated rings. The van der Waals surface area contributed by atoms with Crippen molar-refractivity contribution in [2.24, 2.45) is 5.92 Å². The zero-order valence-electron chi connectivity index (χ0n) is 14.6. The second-order valence-electron chi connectivity index (χ2n) is 6.67. The van der Waals surface area contributed by atoms with Gasteiger partial charge in [0, 0.05) is 18.7 Å². The predicted octanol–water partition coefficient (Wildman–Crippen LogP) is 3.50. The Morgan fingerprint density at radius 3 is 2.56 bits per heavy atom. The standard InChI is InChI=1S/C21H25NO3/c1-16(23)18-10-12-22(13-11-18)21(24)19-8-5-9-20(14-19)25-15-17-6-3-2-4-7-17/h2-9,14,16,18,23H,10-13,15H2,1H3. The monoisotopic (exact) mass is 339 g/mol. The smallest absolute Gasteiger partial charge is 0.253 e. The summed E-state index contributed by atoms with van der Waals surface area (Å²) < 4.78 is 5.81. The molecule has 1 atom stereocenters. The lowest BCUT2D eigenvalue weighted by atomic mass is 9.92. The van der Waals surface area contributed by atoms with Gasteiger partial charge < -0.3 is 14.7 Å². The number of amides is 1. The summed E-state index contributed by atoms with van der Waals surface area (Å²) in [6, 6.07) is 17.3. The quantitative estimate of drug-likeness (QED) is 0.907. The Kier molecular flexibility index (Phi) is 5.71. The van der Waals surface area contributed by atoms with E-state index in [2.05, 4.69) is 0 Å². The Morgan fingerprint density at radius 2 is 1.88 bits per heavy atom. The van der Waals surface area contributed by atoms with Gasteiger partial charge in [-0.05, 0) is 49.4 Å². The summed E-state index contributed by atoms with van der Waals surface area (Å²) in [4.78, 5) is 14.6. The van der Waals surface area contributed by atoms with Gasteiger partial charge in [0.05, 0.1) is 6.10 Å². The summed E-state index contributed by atoms with van der Waals surface area (Å²) >= 11 is 0. The number of ether oxygens (including phenoxy) is 1. The second kappa shape index (κ2) is 8.17. The van der Waals surface area contributed by atoms with Gasteiger partial charge >= 0.3 is 0 Å². The number of aliphatic hydroxyl groups is 1. The van der Waals surface area contributed by atoms with Crippen molar-refractivity contribution >= 4 is 5.91 Å². The molecule has 1 unspecified atom stereocenters. The molecular weight excluding hydrogens is 314 g/mol. The minimum atomic E-state index is -0.299. The highest BCUT2D eigenvalue weighted by Gasteiger charge is 2.26. The molecular formula is C21H25NO3. The average Bonchev–Trinajstić information content (AvgIpc) is 2.67. The largest absolute Gasteiger partial charge is 0.489 e. The molecule has 0 radical (unpaired) electrons. The fourth-order valence-corrected chi connectivity index (χ4v) is 3.23. The molecule has 3 rings (SSSR count). The van der Waals surface area contributed by atoms with Gasteiger partial charge in [0.2, 0.25) is 0 Å². The van der Waals surface area contributed by atoms with E-state index in [1.165, 1.54) is 0 Å². The van der Waals surface area contributed by atoms with Crippen molar-refractivity contribution in [2.45, 2.75) is 32.5 Å². The lowest BCUT2D eigenvalue weighted by Gasteiger charge is -2.33. The van der Waals surface area contributed by atoms with Gasteiger partial charge in [0.1, 0.15) is 12.4 Å². The van der Waals surface area contributed by atoms with Gasteiger partial charge in [0.25, 0.3) is 5.91 Å². The van der Waals surface area contributed by atoms with Crippen LogP contribution in [-0.2, 0) is 6.61 Å². The Labute approximate surface area is 149 Å².